The minimum atomic E-state index is -0.778. The number of nitro groups is 1. The Morgan fingerprint density at radius 2 is 1.84 bits per heavy atom. The Balaban J connectivity index is 2.82. The average molecular weight is 443 g/mol. The van der Waals surface area contributed by atoms with Gasteiger partial charge in [0.2, 0.25) is 5.91 Å². The molecular weight excluding hydrogens is 414 g/mol. The Labute approximate surface area is 179 Å². The number of nitro benzene ring substituents is 1. The van der Waals surface area contributed by atoms with Crippen LogP contribution >= 0.6 is 0 Å². The summed E-state index contributed by atoms with van der Waals surface area (Å²) in [5.74, 6) is -1.94. The molecule has 2 atom stereocenters. The van der Waals surface area contributed by atoms with Crippen LogP contribution in [0.2, 0.25) is 0 Å². The minimum absolute atomic E-state index is 0.00159. The zero-order valence-corrected chi connectivity index (χ0v) is 17.6. The van der Waals surface area contributed by atoms with Gasteiger partial charge in [-0.1, -0.05) is 0 Å². The van der Waals surface area contributed by atoms with Crippen molar-refractivity contribution in [1.82, 2.24) is 10.8 Å². The Morgan fingerprint density at radius 3 is 2.42 bits per heavy atom. The standard InChI is InChI=1S/C19H29N3O9/c1-3-29-13-31-12-16(10-15(19(24)21-25)11-30-9-8-28-2)20-18(23)14-4-6-17(7-5-14)22(26)27/h4-7,15-16,25H,3,8-13H2,1-2H3,(H,20,23)(H,21,24). The molecule has 1 rings (SSSR count). The fourth-order valence-electron chi connectivity index (χ4n) is 2.56. The van der Waals surface area contributed by atoms with Crippen LogP contribution in [0.5, 0.6) is 0 Å². The number of hydrogen-bond donors (Lipinski definition) is 3. The quantitative estimate of drug-likeness (QED) is 0.111. The zero-order valence-electron chi connectivity index (χ0n) is 17.6. The molecule has 0 aliphatic rings. The summed E-state index contributed by atoms with van der Waals surface area (Å²) in [4.78, 5) is 34.8. The molecule has 12 nitrogen and oxygen atoms in total. The van der Waals surface area contributed by atoms with E-state index in [1.807, 2.05) is 0 Å². The van der Waals surface area contributed by atoms with Crippen molar-refractivity contribution >= 4 is 17.5 Å². The molecule has 0 radical (unpaired) electrons. The molecule has 0 heterocycles. The van der Waals surface area contributed by atoms with Crippen molar-refractivity contribution in [2.24, 2.45) is 5.92 Å². The number of carbonyl (C=O) groups excluding carboxylic acids is 2. The van der Waals surface area contributed by atoms with Gasteiger partial charge in [0, 0.05) is 31.4 Å². The second-order valence-electron chi connectivity index (χ2n) is 6.43. The maximum absolute atomic E-state index is 12.6. The van der Waals surface area contributed by atoms with Crippen LogP contribution in [0.1, 0.15) is 23.7 Å². The molecule has 0 saturated carbocycles. The van der Waals surface area contributed by atoms with Gasteiger partial charge in [0.05, 0.1) is 43.3 Å². The zero-order chi connectivity index (χ0) is 23.1. The number of rotatable bonds is 16. The molecule has 0 fully saturated rings. The third-order valence-electron chi connectivity index (χ3n) is 4.17. The highest BCUT2D eigenvalue weighted by molar-refractivity contribution is 5.94. The van der Waals surface area contributed by atoms with Crippen molar-refractivity contribution in [3.05, 3.63) is 39.9 Å². The van der Waals surface area contributed by atoms with Crippen LogP contribution in [0.4, 0.5) is 5.69 Å². The van der Waals surface area contributed by atoms with E-state index in [1.165, 1.54) is 31.4 Å². The first-order valence-electron chi connectivity index (χ1n) is 9.64. The monoisotopic (exact) mass is 443 g/mol. The molecule has 0 bridgehead atoms. The number of hydroxylamine groups is 1. The van der Waals surface area contributed by atoms with E-state index in [4.69, 9.17) is 24.2 Å². The second-order valence-corrected chi connectivity index (χ2v) is 6.43. The molecule has 0 aromatic heterocycles. The van der Waals surface area contributed by atoms with Crippen molar-refractivity contribution < 1.29 is 38.7 Å². The van der Waals surface area contributed by atoms with Crippen LogP contribution in [-0.4, -0.2) is 74.9 Å². The lowest BCUT2D eigenvalue weighted by Gasteiger charge is -2.23. The highest BCUT2D eigenvalue weighted by Crippen LogP contribution is 2.14. The lowest BCUT2D eigenvalue weighted by atomic mass is 9.99. The topological polar surface area (TPSA) is 158 Å². The molecule has 0 saturated heterocycles. The minimum Gasteiger partial charge on any atom is -0.382 e. The Bertz CT molecular complexity index is 685. The normalized spacial score (nSPS) is 12.7. The summed E-state index contributed by atoms with van der Waals surface area (Å²) in [7, 11) is 1.51. The number of benzene rings is 1. The van der Waals surface area contributed by atoms with E-state index in [0.29, 0.717) is 13.2 Å². The van der Waals surface area contributed by atoms with Gasteiger partial charge in [0.15, 0.2) is 0 Å². The first-order valence-corrected chi connectivity index (χ1v) is 9.64. The van der Waals surface area contributed by atoms with E-state index >= 15 is 0 Å². The van der Waals surface area contributed by atoms with Gasteiger partial charge in [-0.25, -0.2) is 5.48 Å². The summed E-state index contributed by atoms with van der Waals surface area (Å²) in [5.41, 5.74) is 1.67. The second kappa shape index (κ2) is 15.2. The van der Waals surface area contributed by atoms with E-state index in [1.54, 1.807) is 12.4 Å². The maximum atomic E-state index is 12.6. The fourth-order valence-corrected chi connectivity index (χ4v) is 2.56. The van der Waals surface area contributed by atoms with E-state index in [-0.39, 0.29) is 44.3 Å². The number of hydrogen-bond acceptors (Lipinski definition) is 9. The van der Waals surface area contributed by atoms with Gasteiger partial charge in [-0.15, -0.1) is 0 Å². The van der Waals surface area contributed by atoms with Crippen LogP contribution in [0, 0.1) is 16.0 Å². The van der Waals surface area contributed by atoms with Gasteiger partial charge in [-0.3, -0.25) is 24.9 Å². The summed E-state index contributed by atoms with van der Waals surface area (Å²) in [6.07, 6.45) is 0.101. The molecule has 1 aromatic carbocycles. The summed E-state index contributed by atoms with van der Waals surface area (Å²) in [6.45, 7) is 2.87. The molecule has 0 aliphatic carbocycles. The molecule has 3 N–H and O–H groups in total. The van der Waals surface area contributed by atoms with Crippen LogP contribution in [0.3, 0.4) is 0 Å². The highest BCUT2D eigenvalue weighted by Gasteiger charge is 2.25. The third kappa shape index (κ3) is 10.3. The fraction of sp³-hybridized carbons (Fsp3) is 0.579. The van der Waals surface area contributed by atoms with E-state index in [2.05, 4.69) is 5.32 Å². The Morgan fingerprint density at radius 1 is 1.13 bits per heavy atom. The van der Waals surface area contributed by atoms with Gasteiger partial charge >= 0.3 is 0 Å². The largest absolute Gasteiger partial charge is 0.382 e. The molecule has 31 heavy (non-hydrogen) atoms. The SMILES string of the molecule is CCOCOCC(CC(COCCOC)C(=O)NO)NC(=O)c1ccc([N+](=O)[O-])cc1. The summed E-state index contributed by atoms with van der Waals surface area (Å²) in [5, 5.41) is 22.5. The molecule has 0 spiro atoms. The summed E-state index contributed by atoms with van der Waals surface area (Å²) >= 11 is 0. The molecule has 0 aliphatic heterocycles. The molecule has 1 aromatic rings. The average Bonchev–Trinajstić information content (AvgIpc) is 2.77. The Kier molecular flexibility index (Phi) is 12.9. The maximum Gasteiger partial charge on any atom is 0.269 e. The number of ether oxygens (including phenoxy) is 4. The lowest BCUT2D eigenvalue weighted by Crippen LogP contribution is -2.43. The first-order chi connectivity index (χ1) is 14.9. The first kappa shape index (κ1) is 26.4. The Hall–Kier alpha value is -2.64. The number of nitrogens with zero attached hydrogens (tertiary/aromatic N) is 1. The smallest absolute Gasteiger partial charge is 0.269 e. The number of amides is 2. The number of nitrogens with one attached hydrogen (secondary N) is 2. The molecule has 12 heteroatoms. The van der Waals surface area contributed by atoms with Crippen LogP contribution < -0.4 is 10.8 Å². The molecule has 2 amide bonds. The van der Waals surface area contributed by atoms with E-state index in [9.17, 15) is 19.7 Å². The van der Waals surface area contributed by atoms with Crippen molar-refractivity contribution in [1.29, 1.82) is 0 Å². The number of carbonyl (C=O) groups is 2. The lowest BCUT2D eigenvalue weighted by molar-refractivity contribution is -0.384. The van der Waals surface area contributed by atoms with Crippen LogP contribution in [0.25, 0.3) is 0 Å². The van der Waals surface area contributed by atoms with Crippen molar-refractivity contribution in [2.45, 2.75) is 19.4 Å². The van der Waals surface area contributed by atoms with E-state index in [0.717, 1.165) is 0 Å². The van der Waals surface area contributed by atoms with Gasteiger partial charge < -0.3 is 24.3 Å². The van der Waals surface area contributed by atoms with Crippen molar-refractivity contribution in [2.75, 3.05) is 46.9 Å². The molecule has 2 unspecified atom stereocenters. The highest BCUT2D eigenvalue weighted by atomic mass is 16.7. The molecule has 174 valence electrons. The summed E-state index contributed by atoms with van der Waals surface area (Å²) < 4.78 is 20.8. The van der Waals surface area contributed by atoms with Gasteiger partial charge in [0.1, 0.15) is 6.79 Å². The number of non-ortho nitro benzene ring substituents is 1. The predicted molar refractivity (Wildman–Crippen MR) is 108 cm³/mol. The number of methoxy groups -OCH3 is 1. The molecular formula is C19H29N3O9. The van der Waals surface area contributed by atoms with Gasteiger partial charge in [-0.05, 0) is 25.5 Å². The van der Waals surface area contributed by atoms with Crippen molar-refractivity contribution in [3.8, 4) is 0 Å². The predicted octanol–water partition coefficient (Wildman–Crippen LogP) is 0.879. The van der Waals surface area contributed by atoms with E-state index < -0.39 is 28.7 Å². The summed E-state index contributed by atoms with van der Waals surface area (Å²) in [6, 6.07) is 4.48. The van der Waals surface area contributed by atoms with Gasteiger partial charge in [0.25, 0.3) is 11.6 Å². The van der Waals surface area contributed by atoms with Gasteiger partial charge in [-0.2, -0.15) is 0 Å². The van der Waals surface area contributed by atoms with Crippen molar-refractivity contribution in [3.63, 3.8) is 0 Å². The third-order valence-corrected chi connectivity index (χ3v) is 4.17. The van der Waals surface area contributed by atoms with Crippen LogP contribution in [-0.2, 0) is 23.7 Å². The van der Waals surface area contributed by atoms with Crippen LogP contribution in [0.15, 0.2) is 24.3 Å².